The number of nitrogens with one attached hydrogen (secondary N) is 1. The van der Waals surface area contributed by atoms with Gasteiger partial charge >= 0.3 is 6.09 Å². The molecule has 0 aromatic carbocycles. The summed E-state index contributed by atoms with van der Waals surface area (Å²) in [7, 11) is 0. The molecule has 0 saturated carbocycles. The van der Waals surface area contributed by atoms with Crippen molar-refractivity contribution < 1.29 is 9.53 Å². The molecule has 0 aromatic heterocycles. The van der Waals surface area contributed by atoms with Crippen LogP contribution in [-0.2, 0) is 4.74 Å². The Bertz CT molecular complexity index is 197. The number of carbonyl (C=O) groups excluding carboxylic acids is 1. The van der Waals surface area contributed by atoms with Gasteiger partial charge in [0.1, 0.15) is 5.60 Å². The van der Waals surface area contributed by atoms with Crippen LogP contribution in [0, 0.1) is 0 Å². The largest absolute Gasteiger partial charge is 0.444 e. The van der Waals surface area contributed by atoms with Crippen molar-refractivity contribution in [2.24, 2.45) is 5.73 Å². The van der Waals surface area contributed by atoms with E-state index in [4.69, 9.17) is 10.5 Å². The van der Waals surface area contributed by atoms with Crippen molar-refractivity contribution in [2.75, 3.05) is 0 Å². The van der Waals surface area contributed by atoms with Gasteiger partial charge in [-0.1, -0.05) is 0 Å². The van der Waals surface area contributed by atoms with Crippen molar-refractivity contribution in [1.82, 2.24) is 5.32 Å². The lowest BCUT2D eigenvalue weighted by molar-refractivity contribution is 0.0505. The van der Waals surface area contributed by atoms with Crippen LogP contribution in [0.3, 0.4) is 0 Å². The van der Waals surface area contributed by atoms with Crippen LogP contribution in [0.15, 0.2) is 0 Å². The molecule has 0 spiro atoms. The van der Waals surface area contributed by atoms with E-state index in [1.807, 2.05) is 34.6 Å². The smallest absolute Gasteiger partial charge is 0.407 e. The Hall–Kier alpha value is -0.770. The summed E-state index contributed by atoms with van der Waals surface area (Å²) in [5, 5.41) is 2.78. The standard InChI is InChI=1S/C11H24N2O2/c1-8(12)6-7-9(2)13-10(14)15-11(3,4)5/h8-9H,6-7,12H2,1-5H3,(H,13,14)/t8-,9+/m0/s1. The lowest BCUT2D eigenvalue weighted by Crippen LogP contribution is -2.38. The second kappa shape index (κ2) is 5.95. The lowest BCUT2D eigenvalue weighted by Gasteiger charge is -2.22. The summed E-state index contributed by atoms with van der Waals surface area (Å²) >= 11 is 0. The highest BCUT2D eigenvalue weighted by molar-refractivity contribution is 5.67. The summed E-state index contributed by atoms with van der Waals surface area (Å²) in [4.78, 5) is 11.3. The molecule has 90 valence electrons. The van der Waals surface area contributed by atoms with Crippen LogP contribution in [0.1, 0.15) is 47.5 Å². The molecule has 0 aliphatic heterocycles. The van der Waals surface area contributed by atoms with Gasteiger partial charge in [-0.25, -0.2) is 4.79 Å². The van der Waals surface area contributed by atoms with E-state index in [9.17, 15) is 4.79 Å². The second-order valence-electron chi connectivity index (χ2n) is 5.10. The molecular weight excluding hydrogens is 192 g/mol. The first-order valence-corrected chi connectivity index (χ1v) is 5.46. The van der Waals surface area contributed by atoms with Gasteiger partial charge in [-0.2, -0.15) is 0 Å². The van der Waals surface area contributed by atoms with E-state index in [0.29, 0.717) is 0 Å². The quantitative estimate of drug-likeness (QED) is 0.755. The highest BCUT2D eigenvalue weighted by Crippen LogP contribution is 2.07. The first-order valence-electron chi connectivity index (χ1n) is 5.46. The Morgan fingerprint density at radius 3 is 2.27 bits per heavy atom. The maximum atomic E-state index is 11.3. The van der Waals surface area contributed by atoms with Crippen molar-refractivity contribution in [1.29, 1.82) is 0 Å². The minimum atomic E-state index is -0.440. The molecule has 2 atom stereocenters. The summed E-state index contributed by atoms with van der Waals surface area (Å²) in [5.74, 6) is 0. The Labute approximate surface area is 92.6 Å². The fourth-order valence-corrected chi connectivity index (χ4v) is 1.09. The number of amides is 1. The zero-order chi connectivity index (χ0) is 12.1. The second-order valence-corrected chi connectivity index (χ2v) is 5.10. The van der Waals surface area contributed by atoms with Crippen LogP contribution in [0.4, 0.5) is 4.79 Å². The molecule has 0 aliphatic rings. The first-order chi connectivity index (χ1) is 6.70. The zero-order valence-corrected chi connectivity index (χ0v) is 10.5. The maximum Gasteiger partial charge on any atom is 0.407 e. The molecule has 0 saturated heterocycles. The molecule has 0 fully saturated rings. The molecule has 0 unspecified atom stereocenters. The van der Waals surface area contributed by atoms with Gasteiger partial charge in [-0.15, -0.1) is 0 Å². The summed E-state index contributed by atoms with van der Waals surface area (Å²) in [6.07, 6.45) is 1.41. The van der Waals surface area contributed by atoms with Crippen LogP contribution in [-0.4, -0.2) is 23.8 Å². The SMILES string of the molecule is C[C@H](N)CC[C@@H](C)NC(=O)OC(C)(C)C. The molecule has 0 aliphatic carbocycles. The van der Waals surface area contributed by atoms with E-state index in [1.165, 1.54) is 0 Å². The van der Waals surface area contributed by atoms with Crippen LogP contribution in [0.2, 0.25) is 0 Å². The van der Waals surface area contributed by atoms with Gasteiger partial charge in [0.2, 0.25) is 0 Å². The molecule has 0 rings (SSSR count). The number of nitrogens with two attached hydrogens (primary N) is 1. The van der Waals surface area contributed by atoms with Gasteiger partial charge in [-0.3, -0.25) is 0 Å². The van der Waals surface area contributed by atoms with E-state index in [0.717, 1.165) is 12.8 Å². The number of alkyl carbamates (subject to hydrolysis) is 1. The topological polar surface area (TPSA) is 64.3 Å². The molecule has 1 amide bonds. The average Bonchev–Trinajstić information content (AvgIpc) is 1.96. The molecule has 0 radical (unpaired) electrons. The molecular formula is C11H24N2O2. The van der Waals surface area contributed by atoms with Gasteiger partial charge in [0.15, 0.2) is 0 Å². The molecule has 0 aromatic rings. The van der Waals surface area contributed by atoms with Crippen molar-refractivity contribution in [2.45, 2.75) is 65.1 Å². The Morgan fingerprint density at radius 2 is 1.87 bits per heavy atom. The zero-order valence-electron chi connectivity index (χ0n) is 10.5. The van der Waals surface area contributed by atoms with E-state index >= 15 is 0 Å². The minimum absolute atomic E-state index is 0.103. The van der Waals surface area contributed by atoms with Crippen molar-refractivity contribution in [3.63, 3.8) is 0 Å². The Kier molecular flexibility index (Phi) is 5.65. The highest BCUT2D eigenvalue weighted by atomic mass is 16.6. The third-order valence-electron chi connectivity index (χ3n) is 1.82. The van der Waals surface area contributed by atoms with Crippen molar-refractivity contribution in [3.05, 3.63) is 0 Å². The van der Waals surface area contributed by atoms with E-state index in [2.05, 4.69) is 5.32 Å². The number of ether oxygens (including phenoxy) is 1. The summed E-state index contributed by atoms with van der Waals surface area (Å²) in [5.41, 5.74) is 5.19. The molecule has 0 bridgehead atoms. The van der Waals surface area contributed by atoms with Gasteiger partial charge in [0, 0.05) is 12.1 Å². The van der Waals surface area contributed by atoms with Gasteiger partial charge < -0.3 is 15.8 Å². The third kappa shape index (κ3) is 9.53. The fraction of sp³-hybridized carbons (Fsp3) is 0.909. The number of hydrogen-bond acceptors (Lipinski definition) is 3. The number of rotatable bonds is 4. The highest BCUT2D eigenvalue weighted by Gasteiger charge is 2.17. The van der Waals surface area contributed by atoms with Crippen LogP contribution >= 0.6 is 0 Å². The number of carbonyl (C=O) groups is 1. The normalized spacial score (nSPS) is 15.6. The van der Waals surface area contributed by atoms with Crippen LogP contribution in [0.25, 0.3) is 0 Å². The van der Waals surface area contributed by atoms with Crippen LogP contribution in [0.5, 0.6) is 0 Å². The van der Waals surface area contributed by atoms with E-state index < -0.39 is 5.60 Å². The molecule has 4 nitrogen and oxygen atoms in total. The monoisotopic (exact) mass is 216 g/mol. The Morgan fingerprint density at radius 1 is 1.33 bits per heavy atom. The minimum Gasteiger partial charge on any atom is -0.444 e. The predicted octanol–water partition coefficient (Wildman–Crippen LogP) is 2.03. The average molecular weight is 216 g/mol. The summed E-state index contributed by atoms with van der Waals surface area (Å²) in [6, 6.07) is 0.277. The van der Waals surface area contributed by atoms with E-state index in [1.54, 1.807) is 0 Å². The third-order valence-corrected chi connectivity index (χ3v) is 1.82. The lowest BCUT2D eigenvalue weighted by atomic mass is 10.1. The molecule has 4 heteroatoms. The first kappa shape index (κ1) is 14.2. The molecule has 3 N–H and O–H groups in total. The predicted molar refractivity (Wildman–Crippen MR) is 61.7 cm³/mol. The van der Waals surface area contributed by atoms with Gasteiger partial charge in [0.05, 0.1) is 0 Å². The molecule has 15 heavy (non-hydrogen) atoms. The summed E-state index contributed by atoms with van der Waals surface area (Å²) in [6.45, 7) is 9.45. The van der Waals surface area contributed by atoms with E-state index in [-0.39, 0.29) is 18.2 Å². The van der Waals surface area contributed by atoms with Crippen molar-refractivity contribution >= 4 is 6.09 Å². The van der Waals surface area contributed by atoms with Crippen molar-refractivity contribution in [3.8, 4) is 0 Å². The van der Waals surface area contributed by atoms with Crippen LogP contribution < -0.4 is 11.1 Å². The Balaban J connectivity index is 3.77. The molecule has 0 heterocycles. The number of hydrogen-bond donors (Lipinski definition) is 2. The fourth-order valence-electron chi connectivity index (χ4n) is 1.09. The van der Waals surface area contributed by atoms with Gasteiger partial charge in [0.25, 0.3) is 0 Å². The summed E-state index contributed by atoms with van der Waals surface area (Å²) < 4.78 is 5.13. The maximum absolute atomic E-state index is 11.3. The van der Waals surface area contributed by atoms with Gasteiger partial charge in [-0.05, 0) is 47.5 Å².